The first-order valence-electron chi connectivity index (χ1n) is 6.27. The van der Waals surface area contributed by atoms with Crippen molar-refractivity contribution >= 4 is 23.1 Å². The molecule has 2 rings (SSSR count). The molecule has 2 aromatic rings. The summed E-state index contributed by atoms with van der Waals surface area (Å²) in [5.74, 6) is -0.365. The van der Waals surface area contributed by atoms with Gasteiger partial charge in [0.05, 0.1) is 16.8 Å². The van der Waals surface area contributed by atoms with E-state index < -0.39 is 10.8 Å². The van der Waals surface area contributed by atoms with Crippen molar-refractivity contribution in [3.63, 3.8) is 0 Å². The molecule has 0 spiro atoms. The van der Waals surface area contributed by atoms with Crippen molar-refractivity contribution < 1.29 is 9.72 Å². The number of nitro groups is 1. The van der Waals surface area contributed by atoms with Crippen LogP contribution in [0.5, 0.6) is 0 Å². The zero-order valence-corrected chi connectivity index (χ0v) is 11.3. The highest BCUT2D eigenvalue weighted by Gasteiger charge is 2.28. The van der Waals surface area contributed by atoms with E-state index in [9.17, 15) is 14.9 Å². The largest absolute Gasteiger partial charge is 0.384 e. The molecule has 4 N–H and O–H groups in total. The maximum Gasteiger partial charge on any atom is 0.322 e. The summed E-state index contributed by atoms with van der Waals surface area (Å²) in [5.41, 5.74) is 5.61. The van der Waals surface area contributed by atoms with E-state index in [0.29, 0.717) is 30.0 Å². The summed E-state index contributed by atoms with van der Waals surface area (Å²) in [5, 5.41) is 19.9. The van der Waals surface area contributed by atoms with Crippen molar-refractivity contribution in [3.8, 4) is 0 Å². The Morgan fingerprint density at radius 1 is 1.52 bits per heavy atom. The van der Waals surface area contributed by atoms with Crippen molar-refractivity contribution in [1.82, 2.24) is 15.2 Å². The van der Waals surface area contributed by atoms with Crippen molar-refractivity contribution in [1.29, 1.82) is 0 Å². The van der Waals surface area contributed by atoms with Crippen LogP contribution in [0, 0.1) is 10.1 Å². The molecule has 0 bridgehead atoms. The summed E-state index contributed by atoms with van der Waals surface area (Å²) < 4.78 is 0. The van der Waals surface area contributed by atoms with E-state index in [2.05, 4.69) is 20.5 Å². The van der Waals surface area contributed by atoms with Crippen LogP contribution >= 0.6 is 0 Å². The monoisotopic (exact) mass is 290 g/mol. The van der Waals surface area contributed by atoms with Gasteiger partial charge in [0, 0.05) is 0 Å². The van der Waals surface area contributed by atoms with Crippen LogP contribution < -0.4 is 11.1 Å². The number of nitrogens with two attached hydrogens (primary N) is 1. The highest BCUT2D eigenvalue weighted by atomic mass is 16.6. The molecule has 0 aromatic carbocycles. The fraction of sp³-hybridized carbons (Fsp3) is 0.250. The van der Waals surface area contributed by atoms with E-state index >= 15 is 0 Å². The Bertz CT molecular complexity index is 664. The van der Waals surface area contributed by atoms with Gasteiger partial charge in [0.25, 0.3) is 5.91 Å². The molecular formula is C12H14N6O3. The standard InChI is InChI=1S/C12H14N6O3/c1-2-3-8-11(18(20)21)10(17-16-8)12(19)15-7-4-5-9(13)14-6-7/h4-6H,2-3H2,1H3,(H2,13,14)(H,15,19)(H,16,17). The zero-order chi connectivity index (χ0) is 15.4. The maximum atomic E-state index is 12.1. The van der Waals surface area contributed by atoms with Gasteiger partial charge < -0.3 is 11.1 Å². The van der Waals surface area contributed by atoms with Crippen molar-refractivity contribution in [3.05, 3.63) is 39.8 Å². The van der Waals surface area contributed by atoms with Gasteiger partial charge in [-0.3, -0.25) is 20.0 Å². The zero-order valence-electron chi connectivity index (χ0n) is 11.3. The van der Waals surface area contributed by atoms with Crippen molar-refractivity contribution in [2.75, 3.05) is 11.1 Å². The number of nitrogens with one attached hydrogen (secondary N) is 2. The van der Waals surface area contributed by atoms with E-state index in [-0.39, 0.29) is 11.4 Å². The van der Waals surface area contributed by atoms with Gasteiger partial charge in [-0.05, 0) is 18.6 Å². The van der Waals surface area contributed by atoms with Crippen LogP contribution in [-0.2, 0) is 6.42 Å². The summed E-state index contributed by atoms with van der Waals surface area (Å²) in [6, 6.07) is 3.06. The quantitative estimate of drug-likeness (QED) is 0.563. The molecule has 0 unspecified atom stereocenters. The second-order valence-electron chi connectivity index (χ2n) is 4.33. The number of nitrogen functional groups attached to an aromatic ring is 1. The van der Waals surface area contributed by atoms with Crippen LogP contribution in [-0.4, -0.2) is 26.0 Å². The third kappa shape index (κ3) is 3.14. The first kappa shape index (κ1) is 14.4. The third-order valence-corrected chi connectivity index (χ3v) is 2.75. The minimum atomic E-state index is -0.674. The fourth-order valence-corrected chi connectivity index (χ4v) is 1.82. The summed E-state index contributed by atoms with van der Waals surface area (Å²) in [4.78, 5) is 26.4. The predicted octanol–water partition coefficient (Wildman–Crippen LogP) is 1.50. The van der Waals surface area contributed by atoms with E-state index in [1.807, 2.05) is 6.92 Å². The smallest absolute Gasteiger partial charge is 0.322 e. The van der Waals surface area contributed by atoms with Crippen molar-refractivity contribution in [2.24, 2.45) is 0 Å². The number of aryl methyl sites for hydroxylation is 1. The SMILES string of the molecule is CCCc1[nH]nc(C(=O)Nc2ccc(N)nc2)c1[N+](=O)[O-]. The molecular weight excluding hydrogens is 276 g/mol. The summed E-state index contributed by atoms with van der Waals surface area (Å²) in [6.45, 7) is 1.88. The molecule has 0 saturated heterocycles. The maximum absolute atomic E-state index is 12.1. The molecule has 21 heavy (non-hydrogen) atoms. The Kier molecular flexibility index (Phi) is 4.12. The topological polar surface area (TPSA) is 140 Å². The van der Waals surface area contributed by atoms with Gasteiger partial charge in [0.15, 0.2) is 0 Å². The van der Waals surface area contributed by atoms with Gasteiger partial charge >= 0.3 is 5.69 Å². The van der Waals surface area contributed by atoms with Gasteiger partial charge in [-0.2, -0.15) is 5.10 Å². The molecule has 0 fully saturated rings. The lowest BCUT2D eigenvalue weighted by molar-refractivity contribution is -0.385. The molecule has 9 nitrogen and oxygen atoms in total. The van der Waals surface area contributed by atoms with E-state index in [1.165, 1.54) is 12.3 Å². The van der Waals surface area contributed by atoms with Crippen LogP contribution in [0.3, 0.4) is 0 Å². The van der Waals surface area contributed by atoms with Crippen LogP contribution in [0.15, 0.2) is 18.3 Å². The van der Waals surface area contributed by atoms with Crippen LogP contribution in [0.25, 0.3) is 0 Å². The number of amides is 1. The Morgan fingerprint density at radius 2 is 2.29 bits per heavy atom. The number of anilines is 2. The predicted molar refractivity (Wildman–Crippen MR) is 75.8 cm³/mol. The molecule has 2 aromatic heterocycles. The minimum Gasteiger partial charge on any atom is -0.384 e. The molecule has 0 radical (unpaired) electrons. The molecule has 2 heterocycles. The number of carbonyl (C=O) groups is 1. The van der Waals surface area contributed by atoms with Crippen LogP contribution in [0.2, 0.25) is 0 Å². The minimum absolute atomic E-state index is 0.250. The van der Waals surface area contributed by atoms with Crippen LogP contribution in [0.4, 0.5) is 17.2 Å². The van der Waals surface area contributed by atoms with E-state index in [1.54, 1.807) is 6.07 Å². The third-order valence-electron chi connectivity index (χ3n) is 2.75. The summed E-state index contributed by atoms with van der Waals surface area (Å²) >= 11 is 0. The number of carbonyl (C=O) groups excluding carboxylic acids is 1. The second-order valence-corrected chi connectivity index (χ2v) is 4.33. The first-order valence-corrected chi connectivity index (χ1v) is 6.27. The summed E-state index contributed by atoms with van der Waals surface area (Å²) in [6.07, 6.45) is 2.50. The molecule has 0 saturated carbocycles. The normalized spacial score (nSPS) is 10.3. The van der Waals surface area contributed by atoms with Gasteiger partial charge in [-0.25, -0.2) is 4.98 Å². The number of aromatic nitrogens is 3. The Balaban J connectivity index is 2.26. The lowest BCUT2D eigenvalue weighted by atomic mass is 10.2. The number of pyridine rings is 1. The molecule has 1 amide bonds. The molecule has 0 aliphatic heterocycles. The Labute approximate surface area is 119 Å². The average Bonchev–Trinajstić information content (AvgIpc) is 2.86. The van der Waals surface area contributed by atoms with Gasteiger partial charge in [-0.15, -0.1) is 0 Å². The number of H-pyrrole nitrogens is 1. The highest BCUT2D eigenvalue weighted by molar-refractivity contribution is 6.05. The lowest BCUT2D eigenvalue weighted by Crippen LogP contribution is -2.14. The molecule has 0 atom stereocenters. The second kappa shape index (κ2) is 5.99. The molecule has 110 valence electrons. The number of rotatable bonds is 5. The molecule has 9 heteroatoms. The van der Waals surface area contributed by atoms with E-state index in [4.69, 9.17) is 5.73 Å². The summed E-state index contributed by atoms with van der Waals surface area (Å²) in [7, 11) is 0. The molecule has 0 aliphatic rings. The number of hydrogen-bond donors (Lipinski definition) is 3. The Hall–Kier alpha value is -2.97. The van der Waals surface area contributed by atoms with Gasteiger partial charge in [0.1, 0.15) is 11.5 Å². The number of aromatic amines is 1. The molecule has 0 aliphatic carbocycles. The van der Waals surface area contributed by atoms with Gasteiger partial charge in [-0.1, -0.05) is 13.3 Å². The first-order chi connectivity index (χ1) is 10.0. The Morgan fingerprint density at radius 3 is 2.86 bits per heavy atom. The lowest BCUT2D eigenvalue weighted by Gasteiger charge is -2.02. The average molecular weight is 290 g/mol. The van der Waals surface area contributed by atoms with Crippen molar-refractivity contribution in [2.45, 2.75) is 19.8 Å². The number of nitrogens with zero attached hydrogens (tertiary/aromatic N) is 3. The van der Waals surface area contributed by atoms with Crippen LogP contribution in [0.1, 0.15) is 29.5 Å². The van der Waals surface area contributed by atoms with Gasteiger partial charge in [0.2, 0.25) is 5.69 Å². The highest BCUT2D eigenvalue weighted by Crippen LogP contribution is 2.23. The fourth-order valence-electron chi connectivity index (χ4n) is 1.82. The van der Waals surface area contributed by atoms with E-state index in [0.717, 1.165) is 0 Å². The number of hydrogen-bond acceptors (Lipinski definition) is 6.